The molecule has 0 radical (unpaired) electrons. The molecule has 4 heteroatoms. The molecule has 0 aromatic carbocycles. The Hall–Kier alpha value is -0.610. The summed E-state index contributed by atoms with van der Waals surface area (Å²) in [6.07, 6.45) is 1.64. The van der Waals surface area contributed by atoms with Crippen LogP contribution in [-0.2, 0) is 4.79 Å². The molecule has 1 rings (SSSR count). The normalized spacial score (nSPS) is 21.1. The summed E-state index contributed by atoms with van der Waals surface area (Å²) < 4.78 is 0. The van der Waals surface area contributed by atoms with E-state index < -0.39 is 0 Å². The number of hydrazine groups is 1. The van der Waals surface area contributed by atoms with E-state index in [4.69, 9.17) is 5.73 Å². The second-order valence-electron chi connectivity index (χ2n) is 4.86. The van der Waals surface area contributed by atoms with Crippen molar-refractivity contribution >= 4 is 5.91 Å². The van der Waals surface area contributed by atoms with Crippen LogP contribution in [0.25, 0.3) is 0 Å². The molecule has 2 N–H and O–H groups in total. The van der Waals surface area contributed by atoms with Gasteiger partial charge in [-0.05, 0) is 19.3 Å². The van der Waals surface area contributed by atoms with E-state index in [2.05, 4.69) is 18.9 Å². The van der Waals surface area contributed by atoms with E-state index in [9.17, 15) is 4.79 Å². The van der Waals surface area contributed by atoms with Crippen LogP contribution in [0.4, 0.5) is 0 Å². The molecule has 0 spiro atoms. The van der Waals surface area contributed by atoms with Gasteiger partial charge in [-0.25, -0.2) is 5.01 Å². The Morgan fingerprint density at radius 3 is 2.53 bits per heavy atom. The lowest BCUT2D eigenvalue weighted by Crippen LogP contribution is -2.54. The topological polar surface area (TPSA) is 49.6 Å². The van der Waals surface area contributed by atoms with E-state index in [1.807, 2.05) is 11.9 Å². The summed E-state index contributed by atoms with van der Waals surface area (Å²) in [4.78, 5) is 11.8. The minimum atomic E-state index is 0.0433. The molecule has 0 saturated carbocycles. The quantitative estimate of drug-likeness (QED) is 0.752. The van der Waals surface area contributed by atoms with Gasteiger partial charge in [-0.3, -0.25) is 9.80 Å². The molecule has 1 atom stereocenters. The number of amides is 1. The first-order valence-corrected chi connectivity index (χ1v) is 5.81. The number of nitrogens with two attached hydrogens (primary N) is 1. The van der Waals surface area contributed by atoms with E-state index >= 15 is 0 Å². The molecule has 1 heterocycles. The number of rotatable bonds is 4. The predicted molar refractivity (Wildman–Crippen MR) is 61.0 cm³/mol. The van der Waals surface area contributed by atoms with Crippen LogP contribution in [0.2, 0.25) is 0 Å². The zero-order valence-corrected chi connectivity index (χ0v) is 10.1. The highest BCUT2D eigenvalue weighted by atomic mass is 16.2. The van der Waals surface area contributed by atoms with Crippen molar-refractivity contribution in [3.05, 3.63) is 0 Å². The van der Waals surface area contributed by atoms with Crippen molar-refractivity contribution in [3.63, 3.8) is 0 Å². The fourth-order valence-corrected chi connectivity index (χ4v) is 1.92. The maximum absolute atomic E-state index is 11.8. The minimum absolute atomic E-state index is 0.0433. The minimum Gasteiger partial charge on any atom is -0.326 e. The number of hydrogen-bond acceptors (Lipinski definition) is 3. The van der Waals surface area contributed by atoms with E-state index in [1.165, 1.54) is 0 Å². The zero-order valence-electron chi connectivity index (χ0n) is 10.1. The second-order valence-corrected chi connectivity index (χ2v) is 4.86. The highest BCUT2D eigenvalue weighted by Gasteiger charge is 2.26. The van der Waals surface area contributed by atoms with Crippen molar-refractivity contribution in [2.45, 2.75) is 39.7 Å². The maximum Gasteiger partial charge on any atom is 0.236 e. The van der Waals surface area contributed by atoms with Gasteiger partial charge in [0, 0.05) is 25.6 Å². The van der Waals surface area contributed by atoms with Crippen LogP contribution in [0.15, 0.2) is 0 Å². The molecule has 4 nitrogen and oxygen atoms in total. The Bertz CT molecular complexity index is 216. The summed E-state index contributed by atoms with van der Waals surface area (Å²) >= 11 is 0. The summed E-state index contributed by atoms with van der Waals surface area (Å²) in [5, 5.41) is 3.99. The molecule has 88 valence electrons. The lowest BCUT2D eigenvalue weighted by molar-refractivity contribution is -0.157. The highest BCUT2D eigenvalue weighted by Crippen LogP contribution is 2.14. The molecule has 1 aliphatic rings. The Kier molecular flexibility index (Phi) is 4.54. The van der Waals surface area contributed by atoms with E-state index in [-0.39, 0.29) is 11.9 Å². The Morgan fingerprint density at radius 2 is 2.00 bits per heavy atom. The fourth-order valence-electron chi connectivity index (χ4n) is 1.92. The van der Waals surface area contributed by atoms with Gasteiger partial charge < -0.3 is 5.73 Å². The van der Waals surface area contributed by atoms with Crippen LogP contribution in [0.5, 0.6) is 0 Å². The van der Waals surface area contributed by atoms with E-state index in [1.54, 1.807) is 0 Å². The molecule has 1 fully saturated rings. The van der Waals surface area contributed by atoms with Crippen LogP contribution in [-0.4, -0.2) is 41.6 Å². The summed E-state index contributed by atoms with van der Waals surface area (Å²) in [6, 6.07) is 0.0433. The lowest BCUT2D eigenvalue weighted by Gasteiger charge is -2.40. The number of carbonyl (C=O) groups is 1. The molecule has 1 aliphatic heterocycles. The van der Waals surface area contributed by atoms with Crippen LogP contribution in [0.3, 0.4) is 0 Å². The van der Waals surface area contributed by atoms with Gasteiger partial charge >= 0.3 is 0 Å². The smallest absolute Gasteiger partial charge is 0.236 e. The standard InChI is InChI=1S/C11H23N3O/c1-9(2)7-13-6-4-5-11(15)14(13)8-10(3)12/h9-10H,4-8,12H2,1-3H3. The van der Waals surface area contributed by atoms with Gasteiger partial charge in [0.2, 0.25) is 5.91 Å². The van der Waals surface area contributed by atoms with Gasteiger partial charge in [0.15, 0.2) is 0 Å². The highest BCUT2D eigenvalue weighted by molar-refractivity contribution is 5.76. The first kappa shape index (κ1) is 12.5. The number of hydrogen-bond donors (Lipinski definition) is 1. The van der Waals surface area contributed by atoms with Crippen molar-refractivity contribution in [3.8, 4) is 0 Å². The molecule has 1 saturated heterocycles. The van der Waals surface area contributed by atoms with Gasteiger partial charge in [0.25, 0.3) is 0 Å². The fraction of sp³-hybridized carbons (Fsp3) is 0.909. The van der Waals surface area contributed by atoms with Crippen LogP contribution in [0, 0.1) is 5.92 Å². The molecular formula is C11H23N3O. The SMILES string of the molecule is CC(C)CN1CCCC(=O)N1CC(C)N. The van der Waals surface area contributed by atoms with Gasteiger partial charge in [0.1, 0.15) is 0 Å². The third-order valence-electron chi connectivity index (χ3n) is 2.47. The molecule has 1 unspecified atom stereocenters. The number of carbonyl (C=O) groups excluding carboxylic acids is 1. The molecule has 15 heavy (non-hydrogen) atoms. The third-order valence-corrected chi connectivity index (χ3v) is 2.47. The maximum atomic E-state index is 11.8. The lowest BCUT2D eigenvalue weighted by atomic mass is 10.1. The molecule has 1 amide bonds. The number of nitrogens with zero attached hydrogens (tertiary/aromatic N) is 2. The summed E-state index contributed by atoms with van der Waals surface area (Å²) in [6.45, 7) is 8.85. The Morgan fingerprint density at radius 1 is 1.33 bits per heavy atom. The average Bonchev–Trinajstić information content (AvgIpc) is 2.09. The first-order valence-electron chi connectivity index (χ1n) is 5.81. The predicted octanol–water partition coefficient (Wildman–Crippen LogP) is 0.829. The van der Waals surface area contributed by atoms with Crippen LogP contribution < -0.4 is 5.73 Å². The Labute approximate surface area is 92.4 Å². The second kappa shape index (κ2) is 5.47. The third kappa shape index (κ3) is 3.80. The van der Waals surface area contributed by atoms with Crippen molar-refractivity contribution in [2.24, 2.45) is 11.7 Å². The van der Waals surface area contributed by atoms with Crippen molar-refractivity contribution < 1.29 is 4.79 Å². The summed E-state index contributed by atoms with van der Waals surface area (Å²) in [5.41, 5.74) is 5.76. The van der Waals surface area contributed by atoms with E-state index in [0.717, 1.165) is 19.5 Å². The van der Waals surface area contributed by atoms with Gasteiger partial charge in [-0.15, -0.1) is 0 Å². The van der Waals surface area contributed by atoms with Crippen LogP contribution in [0.1, 0.15) is 33.6 Å². The monoisotopic (exact) mass is 213 g/mol. The first-order chi connectivity index (χ1) is 7.00. The molecule has 0 aromatic heterocycles. The zero-order chi connectivity index (χ0) is 11.4. The van der Waals surface area contributed by atoms with E-state index in [0.29, 0.717) is 18.9 Å². The van der Waals surface area contributed by atoms with Crippen molar-refractivity contribution in [1.29, 1.82) is 0 Å². The molecule has 0 aliphatic carbocycles. The van der Waals surface area contributed by atoms with Gasteiger partial charge in [-0.1, -0.05) is 13.8 Å². The van der Waals surface area contributed by atoms with Crippen LogP contribution >= 0.6 is 0 Å². The van der Waals surface area contributed by atoms with Gasteiger partial charge in [-0.2, -0.15) is 0 Å². The van der Waals surface area contributed by atoms with Crippen molar-refractivity contribution in [1.82, 2.24) is 10.0 Å². The largest absolute Gasteiger partial charge is 0.326 e. The van der Waals surface area contributed by atoms with Gasteiger partial charge in [0.05, 0.1) is 6.54 Å². The average molecular weight is 213 g/mol. The molecular weight excluding hydrogens is 190 g/mol. The summed E-state index contributed by atoms with van der Waals surface area (Å²) in [5.74, 6) is 0.797. The Balaban J connectivity index is 2.60. The molecule has 0 bridgehead atoms. The molecule has 0 aromatic rings. The summed E-state index contributed by atoms with van der Waals surface area (Å²) in [7, 11) is 0. The van der Waals surface area contributed by atoms with Crippen molar-refractivity contribution in [2.75, 3.05) is 19.6 Å².